The predicted molar refractivity (Wildman–Crippen MR) is 104 cm³/mol. The number of aryl methyl sites for hydroxylation is 2. The Morgan fingerprint density at radius 3 is 2.70 bits per heavy atom. The number of aromatic nitrogens is 3. The van der Waals surface area contributed by atoms with Crippen molar-refractivity contribution in [2.45, 2.75) is 25.7 Å². The number of carbonyl (C=O) groups is 1. The number of carbonyl (C=O) groups excluding carboxylic acids is 1. The van der Waals surface area contributed by atoms with E-state index in [0.717, 1.165) is 35.5 Å². The second kappa shape index (κ2) is 7.84. The van der Waals surface area contributed by atoms with Gasteiger partial charge in [-0.3, -0.25) is 4.79 Å². The van der Waals surface area contributed by atoms with Gasteiger partial charge in [-0.2, -0.15) is 0 Å². The molecule has 0 atom stereocenters. The minimum atomic E-state index is -0.0773. The molecule has 1 amide bonds. The van der Waals surface area contributed by atoms with Crippen LogP contribution in [0.4, 0.5) is 0 Å². The molecule has 0 radical (unpaired) electrons. The Labute approximate surface area is 161 Å². The molecule has 0 spiro atoms. The van der Waals surface area contributed by atoms with Gasteiger partial charge in [-0.05, 0) is 37.5 Å². The molecule has 1 aliphatic carbocycles. The molecule has 27 heavy (non-hydrogen) atoms. The van der Waals surface area contributed by atoms with E-state index in [9.17, 15) is 4.79 Å². The summed E-state index contributed by atoms with van der Waals surface area (Å²) in [6.07, 6.45) is 4.26. The summed E-state index contributed by atoms with van der Waals surface area (Å²) in [5.74, 6) is 0.395. The van der Waals surface area contributed by atoms with Crippen LogP contribution in [0.1, 0.15) is 32.4 Å². The Balaban J connectivity index is 1.32. The van der Waals surface area contributed by atoms with Gasteiger partial charge in [0.2, 0.25) is 5.88 Å². The first-order valence-corrected chi connectivity index (χ1v) is 9.78. The van der Waals surface area contributed by atoms with Crippen LogP contribution in [0.2, 0.25) is 0 Å². The molecule has 1 aliphatic rings. The molecule has 1 N–H and O–H groups in total. The van der Waals surface area contributed by atoms with Crippen molar-refractivity contribution in [3.05, 3.63) is 57.5 Å². The van der Waals surface area contributed by atoms with Crippen LogP contribution in [-0.4, -0.2) is 34.7 Å². The lowest BCUT2D eigenvalue weighted by Crippen LogP contribution is -2.25. The van der Waals surface area contributed by atoms with Crippen molar-refractivity contribution in [1.29, 1.82) is 0 Å². The van der Waals surface area contributed by atoms with Crippen LogP contribution in [0.15, 0.2) is 36.4 Å². The third kappa shape index (κ3) is 3.98. The Bertz CT molecular complexity index is 914. The molecular weight excluding hydrogens is 360 g/mol. The number of methoxy groups -OCH3 is 1. The molecule has 0 aliphatic heterocycles. The molecule has 6 nitrogen and oxygen atoms in total. The Morgan fingerprint density at radius 2 is 2.00 bits per heavy atom. The van der Waals surface area contributed by atoms with Gasteiger partial charge in [-0.25, -0.2) is 4.98 Å². The zero-order chi connectivity index (χ0) is 18.6. The number of ether oxygens (including phenoxy) is 1. The fraction of sp³-hybridized carbons (Fsp3) is 0.300. The molecule has 0 unspecified atom stereocenters. The summed E-state index contributed by atoms with van der Waals surface area (Å²) in [4.78, 5) is 18.4. The maximum Gasteiger partial charge on any atom is 0.251 e. The normalized spacial score (nSPS) is 12.6. The van der Waals surface area contributed by atoms with Crippen molar-refractivity contribution >= 4 is 17.2 Å². The average molecular weight is 380 g/mol. The van der Waals surface area contributed by atoms with E-state index in [-0.39, 0.29) is 5.91 Å². The summed E-state index contributed by atoms with van der Waals surface area (Å²) in [6.45, 7) is 0.594. The van der Waals surface area contributed by atoms with Gasteiger partial charge in [-0.1, -0.05) is 12.1 Å². The van der Waals surface area contributed by atoms with Gasteiger partial charge in [-0.15, -0.1) is 21.5 Å². The molecule has 0 bridgehead atoms. The lowest BCUT2D eigenvalue weighted by Gasteiger charge is -2.06. The second-order valence-electron chi connectivity index (χ2n) is 6.38. The number of nitrogens with zero attached hydrogens (tertiary/aromatic N) is 3. The van der Waals surface area contributed by atoms with Gasteiger partial charge < -0.3 is 10.1 Å². The molecule has 138 valence electrons. The van der Waals surface area contributed by atoms with Crippen molar-refractivity contribution < 1.29 is 9.53 Å². The van der Waals surface area contributed by atoms with Crippen LogP contribution in [0, 0.1) is 0 Å². The number of hydrogen-bond donors (Lipinski definition) is 1. The van der Waals surface area contributed by atoms with Crippen molar-refractivity contribution in [3.8, 4) is 17.1 Å². The average Bonchev–Trinajstić information content (AvgIpc) is 3.30. The highest BCUT2D eigenvalue weighted by molar-refractivity contribution is 7.11. The summed E-state index contributed by atoms with van der Waals surface area (Å²) in [5.41, 5.74) is 3.53. The fourth-order valence-corrected chi connectivity index (χ4v) is 4.27. The first kappa shape index (κ1) is 17.6. The quantitative estimate of drug-likeness (QED) is 0.711. The van der Waals surface area contributed by atoms with Crippen molar-refractivity contribution in [1.82, 2.24) is 20.5 Å². The minimum Gasteiger partial charge on any atom is -0.480 e. The number of benzene rings is 1. The lowest BCUT2D eigenvalue weighted by molar-refractivity contribution is 0.0954. The van der Waals surface area contributed by atoms with Crippen LogP contribution in [-0.2, 0) is 19.3 Å². The van der Waals surface area contributed by atoms with Gasteiger partial charge in [0, 0.05) is 35.0 Å². The van der Waals surface area contributed by atoms with E-state index < -0.39 is 0 Å². The summed E-state index contributed by atoms with van der Waals surface area (Å²) < 4.78 is 5.01. The third-order valence-corrected chi connectivity index (χ3v) is 5.77. The van der Waals surface area contributed by atoms with Gasteiger partial charge in [0.05, 0.1) is 23.5 Å². The Kier molecular flexibility index (Phi) is 5.11. The van der Waals surface area contributed by atoms with E-state index in [2.05, 4.69) is 20.5 Å². The molecule has 0 saturated heterocycles. The van der Waals surface area contributed by atoms with E-state index in [1.54, 1.807) is 36.6 Å². The lowest BCUT2D eigenvalue weighted by atomic mass is 10.1. The molecule has 7 heteroatoms. The third-order valence-electron chi connectivity index (χ3n) is 4.56. The highest BCUT2D eigenvalue weighted by Crippen LogP contribution is 2.27. The molecule has 2 aromatic heterocycles. The van der Waals surface area contributed by atoms with E-state index in [1.165, 1.54) is 17.0 Å². The Hall–Kier alpha value is -2.80. The summed E-state index contributed by atoms with van der Waals surface area (Å²) in [7, 11) is 1.55. The molecule has 0 fully saturated rings. The van der Waals surface area contributed by atoms with Gasteiger partial charge >= 0.3 is 0 Å². The van der Waals surface area contributed by atoms with Crippen LogP contribution >= 0.6 is 11.3 Å². The van der Waals surface area contributed by atoms with E-state index >= 15 is 0 Å². The maximum absolute atomic E-state index is 12.3. The number of hydrogen-bond acceptors (Lipinski definition) is 6. The van der Waals surface area contributed by atoms with Gasteiger partial charge in [0.25, 0.3) is 5.91 Å². The number of fused-ring (bicyclic) bond motifs is 1. The fourth-order valence-electron chi connectivity index (χ4n) is 3.11. The smallest absolute Gasteiger partial charge is 0.251 e. The minimum absolute atomic E-state index is 0.0773. The van der Waals surface area contributed by atoms with Crippen molar-refractivity contribution in [2.24, 2.45) is 0 Å². The summed E-state index contributed by atoms with van der Waals surface area (Å²) in [5, 5.41) is 12.2. The highest BCUT2D eigenvalue weighted by atomic mass is 32.1. The van der Waals surface area contributed by atoms with E-state index in [4.69, 9.17) is 4.74 Å². The topological polar surface area (TPSA) is 77.0 Å². The summed E-state index contributed by atoms with van der Waals surface area (Å²) >= 11 is 1.79. The van der Waals surface area contributed by atoms with Gasteiger partial charge in [0.15, 0.2) is 0 Å². The second-order valence-corrected chi connectivity index (χ2v) is 7.54. The number of nitrogens with one attached hydrogen (secondary N) is 1. The van der Waals surface area contributed by atoms with Crippen LogP contribution < -0.4 is 10.1 Å². The largest absolute Gasteiger partial charge is 0.480 e. The first-order chi connectivity index (χ1) is 13.2. The standard InChI is InChI=1S/C20H20N4O2S/c1-26-18-10-9-15(23-24-18)13-5-7-14(8-6-13)20(25)21-12-11-19-22-16-3-2-4-17(16)27-19/h5-10H,2-4,11-12H2,1H3,(H,21,25). The SMILES string of the molecule is COc1ccc(-c2ccc(C(=O)NCCc3nc4c(s3)CCC4)cc2)nn1. The zero-order valence-electron chi connectivity index (χ0n) is 15.1. The van der Waals surface area contributed by atoms with Crippen LogP contribution in [0.25, 0.3) is 11.3 Å². The van der Waals surface area contributed by atoms with Crippen molar-refractivity contribution in [2.75, 3.05) is 13.7 Å². The number of thiazole rings is 1. The van der Waals surface area contributed by atoms with E-state index in [1.807, 2.05) is 18.2 Å². The monoisotopic (exact) mass is 380 g/mol. The number of amides is 1. The van der Waals surface area contributed by atoms with Crippen LogP contribution in [0.5, 0.6) is 5.88 Å². The first-order valence-electron chi connectivity index (χ1n) is 8.97. The Morgan fingerprint density at radius 1 is 1.15 bits per heavy atom. The van der Waals surface area contributed by atoms with Crippen molar-refractivity contribution in [3.63, 3.8) is 0 Å². The van der Waals surface area contributed by atoms with Gasteiger partial charge in [0.1, 0.15) is 0 Å². The predicted octanol–water partition coefficient (Wildman–Crippen LogP) is 3.07. The highest BCUT2D eigenvalue weighted by Gasteiger charge is 2.16. The molecule has 3 aromatic rings. The molecule has 1 aromatic carbocycles. The van der Waals surface area contributed by atoms with Crippen LogP contribution in [0.3, 0.4) is 0 Å². The molecule has 2 heterocycles. The number of rotatable bonds is 6. The molecule has 4 rings (SSSR count). The maximum atomic E-state index is 12.3. The summed E-state index contributed by atoms with van der Waals surface area (Å²) in [6, 6.07) is 10.9. The van der Waals surface area contributed by atoms with E-state index in [0.29, 0.717) is 18.0 Å². The molecular formula is C20H20N4O2S. The molecule has 0 saturated carbocycles. The zero-order valence-corrected chi connectivity index (χ0v) is 15.9.